The zero-order valence-electron chi connectivity index (χ0n) is 16.7. The lowest BCUT2D eigenvalue weighted by Crippen LogP contribution is -2.51. The minimum Gasteiger partial charge on any atom is -0.489 e. The third-order valence-electron chi connectivity index (χ3n) is 4.68. The van der Waals surface area contributed by atoms with E-state index in [0.29, 0.717) is 24.5 Å². The number of hydrogen-bond donors (Lipinski definition) is 0. The summed E-state index contributed by atoms with van der Waals surface area (Å²) in [5, 5.41) is 3.10. The monoisotopic (exact) mass is 418 g/mol. The lowest BCUT2D eigenvalue weighted by molar-refractivity contribution is -0.151. The fraction of sp³-hybridized carbons (Fsp3) is 0.381. The third-order valence-corrected chi connectivity index (χ3v) is 6.43. The first-order valence-corrected chi connectivity index (χ1v) is 11.3. The summed E-state index contributed by atoms with van der Waals surface area (Å²) in [7, 11) is 0.368. The minimum atomic E-state index is -3.08. The van der Waals surface area contributed by atoms with Crippen LogP contribution in [-0.4, -0.2) is 62.6 Å². The van der Waals surface area contributed by atoms with E-state index in [2.05, 4.69) is 0 Å². The van der Waals surface area contributed by atoms with E-state index in [9.17, 15) is 13.2 Å². The molecule has 7 nitrogen and oxygen atoms in total. The summed E-state index contributed by atoms with van der Waals surface area (Å²) in [5.74, 6) is 1.08. The number of nitrogens with zero attached hydrogens (tertiary/aromatic N) is 2. The SMILES string of the molecule is CN(C)N(C(=O)COc1ccc(OCc2ccccc2)cc1)[C@@H]1CCS(=O)(=O)C1. The number of ether oxygens (including phenoxy) is 2. The summed E-state index contributed by atoms with van der Waals surface area (Å²) >= 11 is 0. The van der Waals surface area contributed by atoms with E-state index in [1.165, 1.54) is 5.01 Å². The van der Waals surface area contributed by atoms with Gasteiger partial charge in [-0.15, -0.1) is 0 Å². The zero-order valence-corrected chi connectivity index (χ0v) is 17.5. The van der Waals surface area contributed by atoms with Crippen molar-refractivity contribution in [1.29, 1.82) is 0 Å². The first-order valence-electron chi connectivity index (χ1n) is 9.43. The first-order chi connectivity index (χ1) is 13.8. The molecule has 0 bridgehead atoms. The van der Waals surface area contributed by atoms with Crippen LogP contribution in [0.2, 0.25) is 0 Å². The van der Waals surface area contributed by atoms with Gasteiger partial charge < -0.3 is 9.47 Å². The molecule has 1 aliphatic heterocycles. The molecule has 0 N–H and O–H groups in total. The summed E-state index contributed by atoms with van der Waals surface area (Å²) in [6.45, 7) is 0.306. The van der Waals surface area contributed by atoms with Crippen LogP contribution in [0.3, 0.4) is 0 Å². The Morgan fingerprint density at radius 1 is 1.00 bits per heavy atom. The van der Waals surface area contributed by atoms with Crippen molar-refractivity contribution in [3.05, 3.63) is 60.2 Å². The van der Waals surface area contributed by atoms with Crippen molar-refractivity contribution in [3.8, 4) is 11.5 Å². The standard InChI is InChI=1S/C21H26N2O5S/c1-22(2)23(18-12-13-29(25,26)16-18)21(24)15-28-20-10-8-19(9-11-20)27-14-17-6-4-3-5-7-17/h3-11,18H,12-16H2,1-2H3/t18-/m1/s1. The summed E-state index contributed by atoms with van der Waals surface area (Å²) in [5.41, 5.74) is 1.08. The van der Waals surface area contributed by atoms with Gasteiger partial charge in [-0.3, -0.25) is 9.80 Å². The lowest BCUT2D eigenvalue weighted by Gasteiger charge is -2.33. The molecule has 29 heavy (non-hydrogen) atoms. The molecule has 0 unspecified atom stereocenters. The predicted molar refractivity (Wildman–Crippen MR) is 110 cm³/mol. The number of rotatable bonds is 8. The molecule has 8 heteroatoms. The first kappa shape index (κ1) is 21.1. The molecule has 1 aliphatic rings. The van der Waals surface area contributed by atoms with E-state index in [-0.39, 0.29) is 30.1 Å². The summed E-state index contributed by atoms with van der Waals surface area (Å²) in [6.07, 6.45) is 0.444. The van der Waals surface area contributed by atoms with E-state index in [4.69, 9.17) is 9.47 Å². The molecular weight excluding hydrogens is 392 g/mol. The van der Waals surface area contributed by atoms with Gasteiger partial charge in [-0.1, -0.05) is 30.3 Å². The second-order valence-corrected chi connectivity index (χ2v) is 9.41. The maximum absolute atomic E-state index is 12.6. The van der Waals surface area contributed by atoms with Crippen molar-refractivity contribution in [2.45, 2.75) is 19.1 Å². The Morgan fingerprint density at radius 2 is 1.62 bits per heavy atom. The van der Waals surface area contributed by atoms with Crippen LogP contribution < -0.4 is 9.47 Å². The van der Waals surface area contributed by atoms with Crippen molar-refractivity contribution >= 4 is 15.7 Å². The van der Waals surface area contributed by atoms with Crippen LogP contribution in [0.1, 0.15) is 12.0 Å². The highest BCUT2D eigenvalue weighted by Crippen LogP contribution is 2.21. The van der Waals surface area contributed by atoms with E-state index in [1.54, 1.807) is 43.4 Å². The molecule has 156 valence electrons. The minimum absolute atomic E-state index is 0.00955. The highest BCUT2D eigenvalue weighted by Gasteiger charge is 2.36. The van der Waals surface area contributed by atoms with Gasteiger partial charge in [0.2, 0.25) is 0 Å². The van der Waals surface area contributed by atoms with Gasteiger partial charge in [0.05, 0.1) is 17.5 Å². The Morgan fingerprint density at radius 3 is 2.17 bits per heavy atom. The number of sulfone groups is 1. The molecule has 1 atom stereocenters. The number of hydrogen-bond acceptors (Lipinski definition) is 6. The van der Waals surface area contributed by atoms with Crippen LogP contribution in [0, 0.1) is 0 Å². The van der Waals surface area contributed by atoms with Crippen LogP contribution in [-0.2, 0) is 21.2 Å². The summed E-state index contributed by atoms with van der Waals surface area (Å²) < 4.78 is 34.8. The van der Waals surface area contributed by atoms with Gasteiger partial charge in [0.15, 0.2) is 16.4 Å². The zero-order chi connectivity index (χ0) is 20.9. The van der Waals surface area contributed by atoms with Gasteiger partial charge in [0.25, 0.3) is 5.91 Å². The number of amides is 1. The lowest BCUT2D eigenvalue weighted by atomic mass is 10.2. The van der Waals surface area contributed by atoms with E-state index >= 15 is 0 Å². The van der Waals surface area contributed by atoms with Gasteiger partial charge in [0.1, 0.15) is 18.1 Å². The molecular formula is C21H26N2O5S. The van der Waals surface area contributed by atoms with Crippen molar-refractivity contribution in [2.75, 3.05) is 32.2 Å². The largest absolute Gasteiger partial charge is 0.489 e. The van der Waals surface area contributed by atoms with Gasteiger partial charge in [0, 0.05) is 14.1 Å². The second kappa shape index (κ2) is 9.28. The van der Waals surface area contributed by atoms with Gasteiger partial charge in [-0.25, -0.2) is 13.4 Å². The summed E-state index contributed by atoms with van der Waals surface area (Å²) in [4.78, 5) is 12.6. The summed E-state index contributed by atoms with van der Waals surface area (Å²) in [6, 6.07) is 16.6. The predicted octanol–water partition coefficient (Wildman–Crippen LogP) is 2.14. The normalized spacial score (nSPS) is 17.8. The quantitative estimate of drug-likeness (QED) is 0.612. The van der Waals surface area contributed by atoms with Crippen molar-refractivity contribution in [3.63, 3.8) is 0 Å². The number of carbonyl (C=O) groups is 1. The van der Waals surface area contributed by atoms with E-state index in [1.807, 2.05) is 30.3 Å². The molecule has 0 aliphatic carbocycles. The average molecular weight is 419 g/mol. The third kappa shape index (κ3) is 5.95. The van der Waals surface area contributed by atoms with Gasteiger partial charge >= 0.3 is 0 Å². The van der Waals surface area contributed by atoms with Crippen molar-refractivity contribution < 1.29 is 22.7 Å². The van der Waals surface area contributed by atoms with Gasteiger partial charge in [-0.2, -0.15) is 0 Å². The molecule has 3 rings (SSSR count). The topological polar surface area (TPSA) is 76.2 Å². The Bertz CT molecular complexity index is 914. The van der Waals surface area contributed by atoms with E-state index in [0.717, 1.165) is 5.56 Å². The van der Waals surface area contributed by atoms with Crippen molar-refractivity contribution in [2.24, 2.45) is 0 Å². The maximum atomic E-state index is 12.6. The molecule has 1 amide bonds. The highest BCUT2D eigenvalue weighted by molar-refractivity contribution is 7.91. The average Bonchev–Trinajstić information content (AvgIpc) is 3.05. The number of benzene rings is 2. The molecule has 0 aromatic heterocycles. The maximum Gasteiger partial charge on any atom is 0.275 e. The fourth-order valence-corrected chi connectivity index (χ4v) is 5.00. The molecule has 0 saturated carbocycles. The van der Waals surface area contributed by atoms with Crippen LogP contribution in [0.25, 0.3) is 0 Å². The fourth-order valence-electron chi connectivity index (χ4n) is 3.31. The van der Waals surface area contributed by atoms with E-state index < -0.39 is 9.84 Å². The molecule has 1 heterocycles. The molecule has 0 radical (unpaired) electrons. The molecule has 1 fully saturated rings. The van der Waals surface area contributed by atoms with Gasteiger partial charge in [-0.05, 0) is 36.2 Å². The Balaban J connectivity index is 1.52. The number of hydrazine groups is 1. The van der Waals surface area contributed by atoms with Crippen LogP contribution in [0.5, 0.6) is 11.5 Å². The molecule has 2 aromatic rings. The van der Waals surface area contributed by atoms with Crippen LogP contribution in [0.4, 0.5) is 0 Å². The van der Waals surface area contributed by atoms with Crippen LogP contribution in [0.15, 0.2) is 54.6 Å². The van der Waals surface area contributed by atoms with Crippen LogP contribution >= 0.6 is 0 Å². The number of carbonyl (C=O) groups excluding carboxylic acids is 1. The van der Waals surface area contributed by atoms with Crippen molar-refractivity contribution in [1.82, 2.24) is 10.0 Å². The highest BCUT2D eigenvalue weighted by atomic mass is 32.2. The molecule has 1 saturated heterocycles. The smallest absolute Gasteiger partial charge is 0.275 e. The Hall–Kier alpha value is -2.58. The Kier molecular flexibility index (Phi) is 6.76. The Labute approximate surface area is 171 Å². The second-order valence-electron chi connectivity index (χ2n) is 7.18. The molecule has 2 aromatic carbocycles. The molecule has 0 spiro atoms.